The monoisotopic (exact) mass is 319 g/mol. The van der Waals surface area contributed by atoms with E-state index >= 15 is 0 Å². The van der Waals surface area contributed by atoms with E-state index in [1.54, 1.807) is 6.08 Å². The van der Waals surface area contributed by atoms with E-state index in [4.69, 9.17) is 0 Å². The highest BCUT2D eigenvalue weighted by Gasteiger charge is 2.40. The van der Waals surface area contributed by atoms with Crippen molar-refractivity contribution in [3.63, 3.8) is 0 Å². The second-order valence-corrected chi connectivity index (χ2v) is 6.17. The first-order chi connectivity index (χ1) is 10.4. The van der Waals surface area contributed by atoms with Crippen LogP contribution in [0.15, 0.2) is 12.2 Å². The van der Waals surface area contributed by atoms with Gasteiger partial charge in [-0.3, -0.25) is 4.79 Å². The van der Waals surface area contributed by atoms with Gasteiger partial charge in [0.1, 0.15) is 0 Å². The fourth-order valence-corrected chi connectivity index (χ4v) is 2.98. The first-order valence-electron chi connectivity index (χ1n) is 8.49. The number of nitrogens with one attached hydrogen (secondary N) is 1. The molecule has 0 aliphatic heterocycles. The highest BCUT2D eigenvalue weighted by molar-refractivity contribution is 5.82. The molecular weight excluding hydrogens is 291 g/mol. The van der Waals surface area contributed by atoms with Crippen LogP contribution in [-0.4, -0.2) is 18.1 Å². The number of hydrogen-bond donors (Lipinski definition) is 1. The maximum atomic E-state index is 12.5. The lowest BCUT2D eigenvalue weighted by molar-refractivity contribution is -0.174. The molecule has 2 nitrogen and oxygen atoms in total. The molecule has 1 atom stereocenters. The molecular formula is C17H28F3NO. The Bertz CT molecular complexity index is 346. The predicted octanol–water partition coefficient (Wildman–Crippen LogP) is 5.14. The summed E-state index contributed by atoms with van der Waals surface area (Å²) in [5.74, 6) is -1.69. The molecule has 1 rings (SSSR count). The number of halogens is 3. The second kappa shape index (κ2) is 9.90. The molecule has 0 aromatic rings. The summed E-state index contributed by atoms with van der Waals surface area (Å²) in [4.78, 5) is 11.2. The molecule has 0 radical (unpaired) electrons. The van der Waals surface area contributed by atoms with Gasteiger partial charge in [0.05, 0.1) is 6.04 Å². The Labute approximate surface area is 131 Å². The zero-order chi connectivity index (χ0) is 16.4. The Balaban J connectivity index is 2.53. The van der Waals surface area contributed by atoms with Crippen molar-refractivity contribution in [2.45, 2.75) is 83.4 Å². The first kappa shape index (κ1) is 19.0. The standard InChI is InChI=1S/C17H28F3NO/c1-2-3-4-5-6-10-13-15(14-11-8-7-9-12-14)21-16(22)17(18,19)20/h10,13-15H,2-9,11-12H2,1H3,(H,21,22). The number of amides is 1. The Morgan fingerprint density at radius 2 is 1.86 bits per heavy atom. The number of hydrogen-bond acceptors (Lipinski definition) is 1. The molecule has 0 aromatic carbocycles. The van der Waals surface area contributed by atoms with Crippen LogP contribution in [0.25, 0.3) is 0 Å². The second-order valence-electron chi connectivity index (χ2n) is 6.17. The van der Waals surface area contributed by atoms with Gasteiger partial charge in [-0.2, -0.15) is 13.2 Å². The van der Waals surface area contributed by atoms with E-state index in [1.165, 1.54) is 6.42 Å². The zero-order valence-corrected chi connectivity index (χ0v) is 13.4. The van der Waals surface area contributed by atoms with Crippen LogP contribution in [0.5, 0.6) is 0 Å². The molecule has 0 aromatic heterocycles. The molecule has 1 aliphatic rings. The van der Waals surface area contributed by atoms with Crippen LogP contribution in [0.2, 0.25) is 0 Å². The number of carbonyl (C=O) groups excluding carboxylic acids is 1. The zero-order valence-electron chi connectivity index (χ0n) is 13.4. The van der Waals surface area contributed by atoms with Crippen LogP contribution < -0.4 is 5.32 Å². The van der Waals surface area contributed by atoms with Gasteiger partial charge in [0, 0.05) is 0 Å². The fraction of sp³-hybridized carbons (Fsp3) is 0.824. The topological polar surface area (TPSA) is 29.1 Å². The molecule has 1 N–H and O–H groups in total. The van der Waals surface area contributed by atoms with Gasteiger partial charge in [-0.15, -0.1) is 0 Å². The van der Waals surface area contributed by atoms with Crippen molar-refractivity contribution in [1.29, 1.82) is 0 Å². The van der Waals surface area contributed by atoms with Gasteiger partial charge < -0.3 is 5.32 Å². The lowest BCUT2D eigenvalue weighted by Crippen LogP contribution is -2.46. The van der Waals surface area contributed by atoms with Gasteiger partial charge in [-0.1, -0.05) is 57.6 Å². The number of allylic oxidation sites excluding steroid dienone is 1. The summed E-state index contributed by atoms with van der Waals surface area (Å²) in [5, 5.41) is 2.18. The van der Waals surface area contributed by atoms with Gasteiger partial charge in [0.2, 0.25) is 0 Å². The summed E-state index contributed by atoms with van der Waals surface area (Å²) in [7, 11) is 0. The minimum absolute atomic E-state index is 0.131. The highest BCUT2D eigenvalue weighted by Crippen LogP contribution is 2.28. The third kappa shape index (κ3) is 7.32. The minimum atomic E-state index is -4.80. The van der Waals surface area contributed by atoms with E-state index in [9.17, 15) is 18.0 Å². The van der Waals surface area contributed by atoms with Crippen molar-refractivity contribution in [1.82, 2.24) is 5.32 Å². The molecule has 1 unspecified atom stereocenters. The third-order valence-corrected chi connectivity index (χ3v) is 4.28. The fourth-order valence-electron chi connectivity index (χ4n) is 2.98. The lowest BCUT2D eigenvalue weighted by atomic mass is 9.83. The summed E-state index contributed by atoms with van der Waals surface area (Å²) >= 11 is 0. The molecule has 0 spiro atoms. The molecule has 0 heterocycles. The largest absolute Gasteiger partial charge is 0.471 e. The molecule has 1 saturated carbocycles. The van der Waals surface area contributed by atoms with Crippen LogP contribution in [0.4, 0.5) is 13.2 Å². The summed E-state index contributed by atoms with van der Waals surface area (Å²) in [5.41, 5.74) is 0. The van der Waals surface area contributed by atoms with E-state index in [0.29, 0.717) is 0 Å². The number of carbonyl (C=O) groups is 1. The third-order valence-electron chi connectivity index (χ3n) is 4.28. The summed E-state index contributed by atoms with van der Waals surface area (Å²) in [6.45, 7) is 2.14. The van der Waals surface area contributed by atoms with Gasteiger partial charge >= 0.3 is 12.1 Å². The van der Waals surface area contributed by atoms with Crippen molar-refractivity contribution >= 4 is 5.91 Å². The van der Waals surface area contributed by atoms with Crippen molar-refractivity contribution in [2.75, 3.05) is 0 Å². The van der Waals surface area contributed by atoms with Crippen molar-refractivity contribution in [3.8, 4) is 0 Å². The average Bonchev–Trinajstić information content (AvgIpc) is 2.49. The Kier molecular flexibility index (Phi) is 8.57. The maximum Gasteiger partial charge on any atom is 0.471 e. The summed E-state index contributed by atoms with van der Waals surface area (Å²) in [6.07, 6.45) is 9.31. The van der Waals surface area contributed by atoms with Gasteiger partial charge in [-0.05, 0) is 31.6 Å². The summed E-state index contributed by atoms with van der Waals surface area (Å²) in [6, 6.07) is -0.486. The van der Waals surface area contributed by atoms with E-state index < -0.39 is 18.1 Å². The molecule has 0 bridgehead atoms. The van der Waals surface area contributed by atoms with Crippen molar-refractivity contribution < 1.29 is 18.0 Å². The van der Waals surface area contributed by atoms with Crippen LogP contribution in [0.3, 0.4) is 0 Å². The molecule has 128 valence electrons. The molecule has 1 aliphatic carbocycles. The predicted molar refractivity (Wildman–Crippen MR) is 82.5 cm³/mol. The van der Waals surface area contributed by atoms with Crippen LogP contribution in [0.1, 0.15) is 71.1 Å². The quantitative estimate of drug-likeness (QED) is 0.487. The van der Waals surface area contributed by atoms with Crippen molar-refractivity contribution in [2.24, 2.45) is 5.92 Å². The van der Waals surface area contributed by atoms with E-state index in [2.05, 4.69) is 12.2 Å². The molecule has 1 amide bonds. The van der Waals surface area contributed by atoms with Gasteiger partial charge in [-0.25, -0.2) is 0 Å². The maximum absolute atomic E-state index is 12.5. The molecule has 0 saturated heterocycles. The molecule has 1 fully saturated rings. The smallest absolute Gasteiger partial charge is 0.342 e. The van der Waals surface area contributed by atoms with Crippen LogP contribution >= 0.6 is 0 Å². The van der Waals surface area contributed by atoms with E-state index in [-0.39, 0.29) is 5.92 Å². The SMILES string of the molecule is CCCCCCC=CC(NC(=O)C(F)(F)F)C1CCCCC1. The van der Waals surface area contributed by atoms with E-state index in [0.717, 1.165) is 57.8 Å². The van der Waals surface area contributed by atoms with Crippen molar-refractivity contribution in [3.05, 3.63) is 12.2 Å². The minimum Gasteiger partial charge on any atom is -0.342 e. The van der Waals surface area contributed by atoms with Gasteiger partial charge in [0.25, 0.3) is 0 Å². The van der Waals surface area contributed by atoms with E-state index in [1.807, 2.05) is 6.08 Å². The summed E-state index contributed by atoms with van der Waals surface area (Å²) < 4.78 is 37.4. The average molecular weight is 319 g/mol. The highest BCUT2D eigenvalue weighted by atomic mass is 19.4. The van der Waals surface area contributed by atoms with Gasteiger partial charge in [0.15, 0.2) is 0 Å². The first-order valence-corrected chi connectivity index (χ1v) is 8.49. The Morgan fingerprint density at radius 1 is 1.18 bits per heavy atom. The Morgan fingerprint density at radius 3 is 2.45 bits per heavy atom. The molecule has 5 heteroatoms. The number of unbranched alkanes of at least 4 members (excludes halogenated alkanes) is 4. The number of alkyl halides is 3. The lowest BCUT2D eigenvalue weighted by Gasteiger charge is -2.29. The normalized spacial score (nSPS) is 18.5. The van der Waals surface area contributed by atoms with Crippen LogP contribution in [0, 0.1) is 5.92 Å². The molecule has 22 heavy (non-hydrogen) atoms. The Hall–Kier alpha value is -1.00. The number of rotatable bonds is 8. The van der Waals surface area contributed by atoms with Crippen LogP contribution in [-0.2, 0) is 4.79 Å².